The zero-order chi connectivity index (χ0) is 14.5. The molecule has 0 N–H and O–H groups in total. The third-order valence-electron chi connectivity index (χ3n) is 3.65. The van der Waals surface area contributed by atoms with Crippen LogP contribution in [0.3, 0.4) is 0 Å². The molecule has 2 rings (SSSR count). The second-order valence-corrected chi connectivity index (χ2v) is 5.79. The maximum atomic E-state index is 5.99. The Morgan fingerprint density at radius 2 is 1.80 bits per heavy atom. The lowest BCUT2D eigenvalue weighted by molar-refractivity contribution is 0.478. The van der Waals surface area contributed by atoms with E-state index in [-0.39, 0.29) is 0 Å². The molecule has 0 saturated heterocycles. The minimum Gasteiger partial charge on any atom is -0.457 e. The Morgan fingerprint density at radius 3 is 2.40 bits per heavy atom. The van der Waals surface area contributed by atoms with Gasteiger partial charge in [0.2, 0.25) is 0 Å². The highest BCUT2D eigenvalue weighted by molar-refractivity contribution is 9.08. The first-order valence-electron chi connectivity index (χ1n) is 7.07. The van der Waals surface area contributed by atoms with E-state index in [1.807, 2.05) is 6.07 Å². The van der Waals surface area contributed by atoms with Gasteiger partial charge in [-0.3, -0.25) is 0 Å². The van der Waals surface area contributed by atoms with Gasteiger partial charge in [-0.25, -0.2) is 0 Å². The molecule has 1 atom stereocenters. The average molecular weight is 333 g/mol. The highest BCUT2D eigenvalue weighted by Crippen LogP contribution is 2.29. The van der Waals surface area contributed by atoms with Crippen LogP contribution < -0.4 is 4.74 Å². The number of alkyl halides is 1. The first kappa shape index (κ1) is 15.1. The summed E-state index contributed by atoms with van der Waals surface area (Å²) in [5.74, 6) is 2.41. The number of halogens is 1. The van der Waals surface area contributed by atoms with Crippen LogP contribution in [0, 0.1) is 6.92 Å². The molecule has 2 aromatic carbocycles. The molecule has 1 unspecified atom stereocenters. The second kappa shape index (κ2) is 6.94. The van der Waals surface area contributed by atoms with Crippen molar-refractivity contribution >= 4 is 15.9 Å². The minimum absolute atomic E-state index is 0.599. The van der Waals surface area contributed by atoms with Gasteiger partial charge in [0, 0.05) is 10.9 Å². The third-order valence-corrected chi connectivity index (χ3v) is 4.25. The predicted octanol–water partition coefficient (Wildman–Crippen LogP) is 6.20. The molecular weight excluding hydrogens is 312 g/mol. The summed E-state index contributed by atoms with van der Waals surface area (Å²) >= 11 is 3.52. The molecule has 2 aromatic rings. The molecule has 0 aromatic heterocycles. The SMILES string of the molecule is CCC(C)c1ccc(Oc2ccc(C)cc2CBr)cc1. The normalized spacial score (nSPS) is 12.2. The Labute approximate surface area is 130 Å². The third kappa shape index (κ3) is 3.63. The summed E-state index contributed by atoms with van der Waals surface area (Å²) in [5.41, 5.74) is 3.79. The van der Waals surface area contributed by atoms with E-state index in [0.29, 0.717) is 5.92 Å². The molecule has 106 valence electrons. The minimum atomic E-state index is 0.599. The molecule has 0 heterocycles. The van der Waals surface area contributed by atoms with Crippen molar-refractivity contribution in [2.45, 2.75) is 38.4 Å². The van der Waals surface area contributed by atoms with Crippen LogP contribution in [0.5, 0.6) is 11.5 Å². The van der Waals surface area contributed by atoms with Crippen LogP contribution in [0.25, 0.3) is 0 Å². The van der Waals surface area contributed by atoms with Gasteiger partial charge in [0.25, 0.3) is 0 Å². The zero-order valence-electron chi connectivity index (χ0n) is 12.3. The van der Waals surface area contributed by atoms with Crippen LogP contribution in [-0.2, 0) is 5.33 Å². The van der Waals surface area contributed by atoms with Crippen molar-refractivity contribution in [1.29, 1.82) is 0 Å². The fraction of sp³-hybridized carbons (Fsp3) is 0.333. The highest BCUT2D eigenvalue weighted by Gasteiger charge is 2.06. The van der Waals surface area contributed by atoms with Crippen LogP contribution in [0.1, 0.15) is 42.9 Å². The number of ether oxygens (including phenoxy) is 1. The van der Waals surface area contributed by atoms with E-state index in [0.717, 1.165) is 23.2 Å². The molecule has 20 heavy (non-hydrogen) atoms. The van der Waals surface area contributed by atoms with Crippen LogP contribution in [-0.4, -0.2) is 0 Å². The van der Waals surface area contributed by atoms with E-state index < -0.39 is 0 Å². The number of benzene rings is 2. The molecule has 1 nitrogen and oxygen atoms in total. The molecule has 0 fully saturated rings. The van der Waals surface area contributed by atoms with Crippen LogP contribution in [0.2, 0.25) is 0 Å². The van der Waals surface area contributed by atoms with Gasteiger partial charge >= 0.3 is 0 Å². The first-order chi connectivity index (χ1) is 9.63. The Hall–Kier alpha value is -1.28. The van der Waals surface area contributed by atoms with Crippen molar-refractivity contribution in [3.05, 3.63) is 59.2 Å². The monoisotopic (exact) mass is 332 g/mol. The molecule has 0 radical (unpaired) electrons. The highest BCUT2D eigenvalue weighted by atomic mass is 79.9. The number of rotatable bonds is 5. The second-order valence-electron chi connectivity index (χ2n) is 5.23. The van der Waals surface area contributed by atoms with Gasteiger partial charge in [0.15, 0.2) is 0 Å². The number of aryl methyl sites for hydroxylation is 1. The summed E-state index contributed by atoms with van der Waals surface area (Å²) in [4.78, 5) is 0. The van der Waals surface area contributed by atoms with Gasteiger partial charge in [-0.05, 0) is 43.0 Å². The molecule has 0 saturated carbocycles. The summed E-state index contributed by atoms with van der Waals surface area (Å²) in [6, 6.07) is 14.7. The van der Waals surface area contributed by atoms with Crippen molar-refractivity contribution in [2.24, 2.45) is 0 Å². The van der Waals surface area contributed by atoms with E-state index in [1.165, 1.54) is 16.7 Å². The van der Waals surface area contributed by atoms with Gasteiger partial charge in [0.05, 0.1) is 0 Å². The molecule has 0 aliphatic heterocycles. The molecule has 0 aliphatic carbocycles. The average Bonchev–Trinajstić information content (AvgIpc) is 2.49. The molecule has 0 bridgehead atoms. The van der Waals surface area contributed by atoms with Gasteiger partial charge < -0.3 is 4.74 Å². The number of hydrogen-bond acceptors (Lipinski definition) is 1. The van der Waals surface area contributed by atoms with Crippen LogP contribution in [0.4, 0.5) is 0 Å². The summed E-state index contributed by atoms with van der Waals surface area (Å²) in [5, 5.41) is 0.801. The van der Waals surface area contributed by atoms with Gasteiger partial charge in [-0.15, -0.1) is 0 Å². The van der Waals surface area contributed by atoms with Gasteiger partial charge in [0.1, 0.15) is 11.5 Å². The van der Waals surface area contributed by atoms with Crippen molar-refractivity contribution in [1.82, 2.24) is 0 Å². The van der Waals surface area contributed by atoms with E-state index in [2.05, 4.69) is 73.1 Å². The fourth-order valence-electron chi connectivity index (χ4n) is 2.14. The lowest BCUT2D eigenvalue weighted by Gasteiger charge is -2.12. The smallest absolute Gasteiger partial charge is 0.131 e. The van der Waals surface area contributed by atoms with Crippen molar-refractivity contribution in [3.8, 4) is 11.5 Å². The topological polar surface area (TPSA) is 9.23 Å². The van der Waals surface area contributed by atoms with Crippen molar-refractivity contribution < 1.29 is 4.74 Å². The van der Waals surface area contributed by atoms with Crippen molar-refractivity contribution in [3.63, 3.8) is 0 Å². The molecule has 2 heteroatoms. The van der Waals surface area contributed by atoms with E-state index in [4.69, 9.17) is 4.74 Å². The van der Waals surface area contributed by atoms with Crippen molar-refractivity contribution in [2.75, 3.05) is 0 Å². The Balaban J connectivity index is 2.18. The van der Waals surface area contributed by atoms with Gasteiger partial charge in [-0.2, -0.15) is 0 Å². The summed E-state index contributed by atoms with van der Waals surface area (Å²) in [7, 11) is 0. The largest absolute Gasteiger partial charge is 0.457 e. The van der Waals surface area contributed by atoms with E-state index in [9.17, 15) is 0 Å². The van der Waals surface area contributed by atoms with Crippen LogP contribution in [0.15, 0.2) is 42.5 Å². The first-order valence-corrected chi connectivity index (χ1v) is 8.19. The molecule has 0 spiro atoms. The van der Waals surface area contributed by atoms with E-state index >= 15 is 0 Å². The molecule has 0 aliphatic rings. The van der Waals surface area contributed by atoms with Crippen LogP contribution >= 0.6 is 15.9 Å². The summed E-state index contributed by atoms with van der Waals surface area (Å²) in [6.45, 7) is 6.55. The zero-order valence-corrected chi connectivity index (χ0v) is 13.9. The molecule has 0 amide bonds. The maximum absolute atomic E-state index is 5.99. The predicted molar refractivity (Wildman–Crippen MR) is 89.0 cm³/mol. The molecular formula is C18H21BrO. The lowest BCUT2D eigenvalue weighted by Crippen LogP contribution is -1.93. The number of hydrogen-bond donors (Lipinski definition) is 0. The maximum Gasteiger partial charge on any atom is 0.131 e. The summed E-state index contributed by atoms with van der Waals surface area (Å²) in [6.07, 6.45) is 1.16. The quantitative estimate of drug-likeness (QED) is 0.592. The Kier molecular flexibility index (Phi) is 5.24. The lowest BCUT2D eigenvalue weighted by atomic mass is 9.99. The Bertz CT molecular complexity index is 560. The Morgan fingerprint density at radius 1 is 1.10 bits per heavy atom. The van der Waals surface area contributed by atoms with Gasteiger partial charge in [-0.1, -0.05) is 59.6 Å². The standard InChI is InChI=1S/C18H21BrO/c1-4-14(3)15-6-8-17(9-7-15)20-18-10-5-13(2)11-16(18)12-19/h5-11,14H,4,12H2,1-3H3. The fourth-order valence-corrected chi connectivity index (χ4v) is 2.58. The summed E-state index contributed by atoms with van der Waals surface area (Å²) < 4.78 is 5.99. The van der Waals surface area contributed by atoms with E-state index in [1.54, 1.807) is 0 Å².